The minimum Gasteiger partial charge on any atom is -0.319 e. The van der Waals surface area contributed by atoms with Crippen LogP contribution in [0.5, 0.6) is 0 Å². The van der Waals surface area contributed by atoms with Crippen molar-refractivity contribution in [2.45, 2.75) is 11.9 Å². The lowest BCUT2D eigenvalue weighted by Gasteiger charge is -2.09. The number of hydrogen-bond donors (Lipinski definition) is 1. The molecule has 0 bridgehead atoms. The Morgan fingerprint density at radius 1 is 1.20 bits per heavy atom. The van der Waals surface area contributed by atoms with Gasteiger partial charge in [0, 0.05) is 11.5 Å². The molecule has 0 unspecified atom stereocenters. The van der Waals surface area contributed by atoms with Crippen molar-refractivity contribution in [1.29, 1.82) is 0 Å². The number of rotatable bonds is 5. The van der Waals surface area contributed by atoms with Gasteiger partial charge < -0.3 is 5.32 Å². The number of para-hydroxylation sites is 2. The molecular weight excluding hydrogens is 340 g/mol. The monoisotopic (exact) mass is 354 g/mol. The summed E-state index contributed by atoms with van der Waals surface area (Å²) in [5, 5.41) is 15.3. The molecule has 0 fully saturated rings. The zero-order valence-electron chi connectivity index (χ0n) is 13.3. The number of aryl methyl sites for hydroxylation is 1. The summed E-state index contributed by atoms with van der Waals surface area (Å²) >= 11 is 1.26. The maximum Gasteiger partial charge on any atom is 0.293 e. The molecule has 0 spiro atoms. The molecule has 7 nitrogen and oxygen atoms in total. The molecule has 1 amide bonds. The lowest BCUT2D eigenvalue weighted by atomic mass is 10.1. The van der Waals surface area contributed by atoms with Crippen LogP contribution < -0.4 is 5.32 Å². The quantitative estimate of drug-likeness (QED) is 0.325. The van der Waals surface area contributed by atoms with Crippen LogP contribution in [0.1, 0.15) is 5.56 Å². The smallest absolute Gasteiger partial charge is 0.293 e. The normalized spacial score (nSPS) is 10.6. The summed E-state index contributed by atoms with van der Waals surface area (Å²) < 4.78 is 0. The van der Waals surface area contributed by atoms with Crippen LogP contribution in [-0.4, -0.2) is 26.6 Å². The van der Waals surface area contributed by atoms with Crippen molar-refractivity contribution < 1.29 is 9.72 Å². The number of aromatic nitrogens is 2. The Bertz CT molecular complexity index is 956. The number of anilines is 1. The predicted octanol–water partition coefficient (Wildman–Crippen LogP) is 3.58. The van der Waals surface area contributed by atoms with Crippen LogP contribution in [0, 0.1) is 17.0 Å². The summed E-state index contributed by atoms with van der Waals surface area (Å²) in [4.78, 5) is 31.3. The molecule has 25 heavy (non-hydrogen) atoms. The van der Waals surface area contributed by atoms with E-state index >= 15 is 0 Å². The van der Waals surface area contributed by atoms with Crippen molar-refractivity contribution in [3.05, 3.63) is 64.5 Å². The van der Waals surface area contributed by atoms with Crippen LogP contribution in [0.3, 0.4) is 0 Å². The first-order valence-corrected chi connectivity index (χ1v) is 8.41. The second-order valence-electron chi connectivity index (χ2n) is 5.26. The van der Waals surface area contributed by atoms with Crippen LogP contribution in [0.2, 0.25) is 0 Å². The lowest BCUT2D eigenvalue weighted by molar-refractivity contribution is -0.384. The van der Waals surface area contributed by atoms with E-state index in [2.05, 4.69) is 15.3 Å². The molecule has 3 rings (SSSR count). The number of nitro groups is 1. The highest BCUT2D eigenvalue weighted by Gasteiger charge is 2.18. The zero-order chi connectivity index (χ0) is 17.8. The van der Waals surface area contributed by atoms with Crippen molar-refractivity contribution in [3.63, 3.8) is 0 Å². The fourth-order valence-corrected chi connectivity index (χ4v) is 3.16. The molecule has 2 aromatic carbocycles. The fraction of sp³-hybridized carbons (Fsp3) is 0.118. The summed E-state index contributed by atoms with van der Waals surface area (Å²) in [7, 11) is 0. The molecule has 1 N–H and O–H groups in total. The number of benzene rings is 2. The van der Waals surface area contributed by atoms with E-state index in [-0.39, 0.29) is 23.0 Å². The Balaban J connectivity index is 1.75. The standard InChI is InChI=1S/C17H14N4O3S/c1-11-5-4-8-14(21(23)24)16(11)20-15(22)9-25-17-12-6-2-3-7-13(12)18-10-19-17/h2-8,10H,9H2,1H3,(H,20,22). The topological polar surface area (TPSA) is 98.0 Å². The van der Waals surface area contributed by atoms with Gasteiger partial charge in [-0.25, -0.2) is 9.97 Å². The molecule has 126 valence electrons. The lowest BCUT2D eigenvalue weighted by Crippen LogP contribution is -2.16. The van der Waals surface area contributed by atoms with Crippen LogP contribution in [0.25, 0.3) is 10.9 Å². The van der Waals surface area contributed by atoms with Crippen molar-refractivity contribution >= 4 is 39.9 Å². The summed E-state index contributed by atoms with van der Waals surface area (Å²) in [5.74, 6) is -0.239. The van der Waals surface area contributed by atoms with Crippen LogP contribution >= 0.6 is 11.8 Å². The highest BCUT2D eigenvalue weighted by Crippen LogP contribution is 2.29. The van der Waals surface area contributed by atoms with Gasteiger partial charge in [-0.15, -0.1) is 0 Å². The van der Waals surface area contributed by atoms with E-state index in [9.17, 15) is 14.9 Å². The van der Waals surface area contributed by atoms with E-state index in [0.29, 0.717) is 10.6 Å². The summed E-state index contributed by atoms with van der Waals surface area (Å²) in [5.41, 5.74) is 1.55. The van der Waals surface area contributed by atoms with Crippen molar-refractivity contribution in [2.75, 3.05) is 11.1 Å². The Morgan fingerprint density at radius 2 is 2.00 bits per heavy atom. The predicted molar refractivity (Wildman–Crippen MR) is 96.7 cm³/mol. The van der Waals surface area contributed by atoms with E-state index < -0.39 is 4.92 Å². The molecule has 8 heteroatoms. The number of carbonyl (C=O) groups excluding carboxylic acids is 1. The Kier molecular flexibility index (Phi) is 4.90. The van der Waals surface area contributed by atoms with E-state index in [1.165, 1.54) is 24.2 Å². The van der Waals surface area contributed by atoms with Gasteiger partial charge >= 0.3 is 0 Å². The summed E-state index contributed by atoms with van der Waals surface area (Å²) in [6.07, 6.45) is 1.45. The molecule has 0 saturated heterocycles. The van der Waals surface area contributed by atoms with Gasteiger partial charge in [0.2, 0.25) is 5.91 Å². The third kappa shape index (κ3) is 3.74. The number of nitrogens with zero attached hydrogens (tertiary/aromatic N) is 3. The fourth-order valence-electron chi connectivity index (χ4n) is 2.37. The molecule has 3 aromatic rings. The van der Waals surface area contributed by atoms with Gasteiger partial charge in [-0.3, -0.25) is 14.9 Å². The van der Waals surface area contributed by atoms with Gasteiger partial charge in [-0.1, -0.05) is 42.1 Å². The third-order valence-corrected chi connectivity index (χ3v) is 4.56. The number of nitro benzene ring substituents is 1. The maximum absolute atomic E-state index is 12.3. The number of hydrogen-bond acceptors (Lipinski definition) is 6. The number of amides is 1. The van der Waals surface area contributed by atoms with Gasteiger partial charge in [0.05, 0.1) is 16.2 Å². The molecule has 1 heterocycles. The van der Waals surface area contributed by atoms with Crippen LogP contribution in [-0.2, 0) is 4.79 Å². The van der Waals surface area contributed by atoms with Crippen molar-refractivity contribution in [2.24, 2.45) is 0 Å². The van der Waals surface area contributed by atoms with Gasteiger partial charge in [0.15, 0.2) is 0 Å². The summed E-state index contributed by atoms with van der Waals surface area (Å²) in [6.45, 7) is 1.72. The minimum absolute atomic E-state index is 0.0898. The number of carbonyl (C=O) groups is 1. The average Bonchev–Trinajstić information content (AvgIpc) is 2.61. The molecule has 0 saturated carbocycles. The zero-order valence-corrected chi connectivity index (χ0v) is 14.1. The van der Waals surface area contributed by atoms with E-state index in [1.54, 1.807) is 19.1 Å². The first-order chi connectivity index (χ1) is 12.1. The van der Waals surface area contributed by atoms with Gasteiger partial charge in [0.1, 0.15) is 17.0 Å². The first kappa shape index (κ1) is 16.8. The SMILES string of the molecule is Cc1cccc([N+](=O)[O-])c1NC(=O)CSc1ncnc2ccccc12. The third-order valence-electron chi connectivity index (χ3n) is 3.56. The summed E-state index contributed by atoms with van der Waals surface area (Å²) in [6, 6.07) is 12.2. The van der Waals surface area contributed by atoms with E-state index in [0.717, 1.165) is 10.9 Å². The maximum atomic E-state index is 12.3. The minimum atomic E-state index is -0.506. The largest absolute Gasteiger partial charge is 0.319 e. The highest BCUT2D eigenvalue weighted by molar-refractivity contribution is 8.00. The van der Waals surface area contributed by atoms with E-state index in [4.69, 9.17) is 0 Å². The van der Waals surface area contributed by atoms with Gasteiger partial charge in [-0.05, 0) is 18.6 Å². The van der Waals surface area contributed by atoms with Crippen LogP contribution in [0.4, 0.5) is 11.4 Å². The Morgan fingerprint density at radius 3 is 2.80 bits per heavy atom. The highest BCUT2D eigenvalue weighted by atomic mass is 32.2. The molecule has 0 aliphatic rings. The van der Waals surface area contributed by atoms with Crippen molar-refractivity contribution in [1.82, 2.24) is 9.97 Å². The number of fused-ring (bicyclic) bond motifs is 1. The van der Waals surface area contributed by atoms with E-state index in [1.807, 2.05) is 24.3 Å². The second-order valence-corrected chi connectivity index (χ2v) is 6.22. The van der Waals surface area contributed by atoms with Gasteiger partial charge in [0.25, 0.3) is 5.69 Å². The second kappa shape index (κ2) is 7.27. The number of nitrogens with one attached hydrogen (secondary N) is 1. The molecule has 0 atom stereocenters. The van der Waals surface area contributed by atoms with Crippen molar-refractivity contribution in [3.8, 4) is 0 Å². The molecule has 0 aliphatic carbocycles. The Hall–Kier alpha value is -3.00. The Labute approximate surface area is 147 Å². The molecule has 0 radical (unpaired) electrons. The molecule has 1 aromatic heterocycles. The number of thioether (sulfide) groups is 1. The average molecular weight is 354 g/mol. The molecular formula is C17H14N4O3S. The molecule has 0 aliphatic heterocycles. The van der Waals surface area contributed by atoms with Gasteiger partial charge in [-0.2, -0.15) is 0 Å². The van der Waals surface area contributed by atoms with Crippen LogP contribution in [0.15, 0.2) is 53.8 Å². The first-order valence-electron chi connectivity index (χ1n) is 7.42.